The van der Waals surface area contributed by atoms with Gasteiger partial charge >= 0.3 is 0 Å². The Morgan fingerprint density at radius 1 is 1.09 bits per heavy atom. The van der Waals surface area contributed by atoms with Gasteiger partial charge in [-0.2, -0.15) is 5.10 Å². The van der Waals surface area contributed by atoms with E-state index in [1.54, 1.807) is 6.92 Å². The van der Waals surface area contributed by atoms with E-state index >= 15 is 0 Å². The summed E-state index contributed by atoms with van der Waals surface area (Å²) in [4.78, 5) is 11.9. The predicted octanol–water partition coefficient (Wildman–Crippen LogP) is 2.15. The Hall–Kier alpha value is -3.02. The fourth-order valence-electron chi connectivity index (χ4n) is 1.88. The molecule has 0 unspecified atom stereocenters. The highest BCUT2D eigenvalue weighted by Crippen LogP contribution is 2.35. The molecule has 0 spiro atoms. The zero-order valence-corrected chi connectivity index (χ0v) is 11.9. The number of nitrogens with one attached hydrogen (secondary N) is 1. The standard InChI is InChI=1S/C16H16N2O4/c1-10(7-11-5-3-2-4-6-11)17-18-16(22)12-8-13(19)15(21)14(20)9-12/h2-6,8-9,19-21H,7H2,1H3,(H,18,22)/b17-10+. The predicted molar refractivity (Wildman–Crippen MR) is 82.2 cm³/mol. The smallest absolute Gasteiger partial charge is 0.271 e. The number of amides is 1. The minimum Gasteiger partial charge on any atom is -0.504 e. The van der Waals surface area contributed by atoms with Crippen LogP contribution in [0.3, 0.4) is 0 Å². The Morgan fingerprint density at radius 3 is 2.27 bits per heavy atom. The molecular formula is C16H16N2O4. The van der Waals surface area contributed by atoms with Crippen LogP contribution in [-0.2, 0) is 6.42 Å². The summed E-state index contributed by atoms with van der Waals surface area (Å²) in [5.41, 5.74) is 4.10. The van der Waals surface area contributed by atoms with Crippen LogP contribution in [0.1, 0.15) is 22.8 Å². The number of phenolic OH excluding ortho intramolecular Hbond substituents is 3. The van der Waals surface area contributed by atoms with Crippen molar-refractivity contribution in [3.63, 3.8) is 0 Å². The molecule has 4 N–H and O–H groups in total. The van der Waals surface area contributed by atoms with Gasteiger partial charge in [0.1, 0.15) is 0 Å². The van der Waals surface area contributed by atoms with Crippen LogP contribution < -0.4 is 5.43 Å². The maximum atomic E-state index is 11.9. The molecule has 0 fully saturated rings. The Bertz CT molecular complexity index is 688. The van der Waals surface area contributed by atoms with Gasteiger partial charge in [-0.05, 0) is 24.6 Å². The quantitative estimate of drug-likeness (QED) is 0.395. The summed E-state index contributed by atoms with van der Waals surface area (Å²) in [5.74, 6) is -2.41. The van der Waals surface area contributed by atoms with Gasteiger partial charge in [0.05, 0.1) is 0 Å². The SMILES string of the molecule is C/C(Cc1ccccc1)=N\NC(=O)c1cc(O)c(O)c(O)c1. The average molecular weight is 300 g/mol. The van der Waals surface area contributed by atoms with E-state index in [9.17, 15) is 20.1 Å². The first-order chi connectivity index (χ1) is 10.5. The van der Waals surface area contributed by atoms with E-state index in [1.165, 1.54) is 0 Å². The van der Waals surface area contributed by atoms with Crippen LogP contribution in [0.25, 0.3) is 0 Å². The molecule has 0 saturated heterocycles. The molecule has 2 rings (SSSR count). The third-order valence-electron chi connectivity index (χ3n) is 2.98. The highest BCUT2D eigenvalue weighted by Gasteiger charge is 2.13. The minimum atomic E-state index is -0.666. The molecule has 0 aromatic heterocycles. The van der Waals surface area contributed by atoms with E-state index in [0.717, 1.165) is 17.7 Å². The molecule has 0 bridgehead atoms. The first-order valence-corrected chi connectivity index (χ1v) is 6.59. The fourth-order valence-corrected chi connectivity index (χ4v) is 1.88. The lowest BCUT2D eigenvalue weighted by Crippen LogP contribution is -2.19. The fraction of sp³-hybridized carbons (Fsp3) is 0.125. The number of phenols is 3. The van der Waals surface area contributed by atoms with Gasteiger partial charge in [-0.25, -0.2) is 5.43 Å². The molecule has 0 aliphatic rings. The summed E-state index contributed by atoms with van der Waals surface area (Å²) < 4.78 is 0. The van der Waals surface area contributed by atoms with Gasteiger partial charge in [-0.1, -0.05) is 30.3 Å². The number of benzene rings is 2. The van der Waals surface area contributed by atoms with Crippen LogP contribution in [-0.4, -0.2) is 26.9 Å². The van der Waals surface area contributed by atoms with Gasteiger partial charge in [0, 0.05) is 17.7 Å². The average Bonchev–Trinajstić information content (AvgIpc) is 2.50. The Morgan fingerprint density at radius 2 is 1.68 bits per heavy atom. The highest BCUT2D eigenvalue weighted by molar-refractivity contribution is 5.96. The summed E-state index contributed by atoms with van der Waals surface area (Å²) in [6.45, 7) is 1.78. The van der Waals surface area contributed by atoms with Gasteiger partial charge in [0.15, 0.2) is 17.2 Å². The summed E-state index contributed by atoms with van der Waals surface area (Å²) in [5, 5.41) is 32.0. The summed E-state index contributed by atoms with van der Waals surface area (Å²) in [6, 6.07) is 11.8. The molecule has 2 aromatic carbocycles. The van der Waals surface area contributed by atoms with Crippen molar-refractivity contribution < 1.29 is 20.1 Å². The molecule has 0 atom stereocenters. The number of carbonyl (C=O) groups is 1. The van der Waals surface area contributed by atoms with E-state index in [1.807, 2.05) is 30.3 Å². The van der Waals surface area contributed by atoms with Crippen LogP contribution >= 0.6 is 0 Å². The van der Waals surface area contributed by atoms with Crippen molar-refractivity contribution in [1.29, 1.82) is 0 Å². The van der Waals surface area contributed by atoms with Gasteiger partial charge < -0.3 is 15.3 Å². The van der Waals surface area contributed by atoms with Gasteiger partial charge in [-0.3, -0.25) is 4.79 Å². The lowest BCUT2D eigenvalue weighted by molar-refractivity contribution is 0.0954. The molecule has 6 nitrogen and oxygen atoms in total. The zero-order valence-electron chi connectivity index (χ0n) is 11.9. The second-order valence-electron chi connectivity index (χ2n) is 4.81. The minimum absolute atomic E-state index is 0.0101. The maximum Gasteiger partial charge on any atom is 0.271 e. The topological polar surface area (TPSA) is 102 Å². The second-order valence-corrected chi connectivity index (χ2v) is 4.81. The van der Waals surface area contributed by atoms with Crippen LogP contribution in [0, 0.1) is 0 Å². The molecule has 2 aromatic rings. The Kier molecular flexibility index (Phi) is 4.63. The number of nitrogens with zero attached hydrogens (tertiary/aromatic N) is 1. The van der Waals surface area contributed by atoms with E-state index in [4.69, 9.17) is 0 Å². The third-order valence-corrected chi connectivity index (χ3v) is 2.98. The second kappa shape index (κ2) is 6.62. The van der Waals surface area contributed by atoms with Crippen molar-refractivity contribution in [2.75, 3.05) is 0 Å². The Labute approximate surface area is 127 Å². The highest BCUT2D eigenvalue weighted by atomic mass is 16.3. The van der Waals surface area contributed by atoms with Gasteiger partial charge in [0.25, 0.3) is 5.91 Å². The van der Waals surface area contributed by atoms with Crippen LogP contribution in [0.5, 0.6) is 17.2 Å². The normalized spacial score (nSPS) is 11.2. The number of aromatic hydroxyl groups is 3. The molecule has 1 amide bonds. The van der Waals surface area contributed by atoms with Crippen LogP contribution in [0.15, 0.2) is 47.6 Å². The lowest BCUT2D eigenvalue weighted by atomic mass is 10.1. The van der Waals surface area contributed by atoms with Gasteiger partial charge in [-0.15, -0.1) is 0 Å². The molecule has 0 heterocycles. The number of hydrogen-bond acceptors (Lipinski definition) is 5. The summed E-state index contributed by atoms with van der Waals surface area (Å²) in [7, 11) is 0. The molecule has 6 heteroatoms. The maximum absolute atomic E-state index is 11.9. The molecule has 0 radical (unpaired) electrons. The van der Waals surface area contributed by atoms with E-state index in [0.29, 0.717) is 12.1 Å². The van der Waals surface area contributed by atoms with Crippen molar-refractivity contribution in [3.05, 3.63) is 53.6 Å². The number of rotatable bonds is 4. The van der Waals surface area contributed by atoms with Crippen molar-refractivity contribution in [1.82, 2.24) is 5.43 Å². The van der Waals surface area contributed by atoms with Crippen LogP contribution in [0.2, 0.25) is 0 Å². The van der Waals surface area contributed by atoms with Crippen molar-refractivity contribution >= 4 is 11.6 Å². The zero-order chi connectivity index (χ0) is 16.1. The first-order valence-electron chi connectivity index (χ1n) is 6.59. The van der Waals surface area contributed by atoms with Crippen LogP contribution in [0.4, 0.5) is 0 Å². The van der Waals surface area contributed by atoms with Crippen molar-refractivity contribution in [2.45, 2.75) is 13.3 Å². The summed E-state index contributed by atoms with van der Waals surface area (Å²) >= 11 is 0. The largest absolute Gasteiger partial charge is 0.504 e. The number of hydrogen-bond donors (Lipinski definition) is 4. The van der Waals surface area contributed by atoms with Crippen molar-refractivity contribution in [2.24, 2.45) is 5.10 Å². The molecular weight excluding hydrogens is 284 g/mol. The molecule has 0 aliphatic heterocycles. The van der Waals surface area contributed by atoms with E-state index < -0.39 is 23.2 Å². The third kappa shape index (κ3) is 3.76. The molecule has 0 saturated carbocycles. The summed E-state index contributed by atoms with van der Waals surface area (Å²) in [6.07, 6.45) is 0.590. The molecule has 0 aliphatic carbocycles. The number of carbonyl (C=O) groups excluding carboxylic acids is 1. The molecule has 22 heavy (non-hydrogen) atoms. The number of hydrazone groups is 1. The van der Waals surface area contributed by atoms with Gasteiger partial charge in [0.2, 0.25) is 0 Å². The molecule has 114 valence electrons. The monoisotopic (exact) mass is 300 g/mol. The first kappa shape index (κ1) is 15.4. The van der Waals surface area contributed by atoms with E-state index in [-0.39, 0.29) is 5.56 Å². The Balaban J connectivity index is 2.04. The lowest BCUT2D eigenvalue weighted by Gasteiger charge is -2.06. The van der Waals surface area contributed by atoms with E-state index in [2.05, 4.69) is 10.5 Å². The van der Waals surface area contributed by atoms with Crippen molar-refractivity contribution in [3.8, 4) is 17.2 Å².